The number of rotatable bonds is 1. The number of carbonyl (C=O) groups is 2. The van der Waals surface area contributed by atoms with Crippen molar-refractivity contribution >= 4 is 11.8 Å². The Balaban J connectivity index is 2.19. The first kappa shape index (κ1) is 10.6. The van der Waals surface area contributed by atoms with Gasteiger partial charge in [-0.15, -0.1) is 0 Å². The lowest BCUT2D eigenvalue weighted by Crippen LogP contribution is -2.55. The van der Waals surface area contributed by atoms with E-state index in [9.17, 15) is 14.7 Å². The van der Waals surface area contributed by atoms with Crippen molar-refractivity contribution in [1.82, 2.24) is 0 Å². The van der Waals surface area contributed by atoms with E-state index in [0.717, 1.165) is 0 Å². The lowest BCUT2D eigenvalue weighted by molar-refractivity contribution is -0.181. The Hall–Kier alpha value is -0.940. The zero-order chi connectivity index (χ0) is 11.1. The van der Waals surface area contributed by atoms with Crippen LogP contribution in [0.1, 0.15) is 26.2 Å². The molecule has 1 aliphatic carbocycles. The van der Waals surface area contributed by atoms with Gasteiger partial charge in [-0.3, -0.25) is 9.59 Å². The summed E-state index contributed by atoms with van der Waals surface area (Å²) in [5.41, 5.74) is -1.17. The summed E-state index contributed by atoms with van der Waals surface area (Å²) in [7, 11) is 0. The normalized spacial score (nSPS) is 40.0. The molecule has 3 atom stereocenters. The van der Waals surface area contributed by atoms with Gasteiger partial charge in [0.2, 0.25) is 0 Å². The van der Waals surface area contributed by atoms with Gasteiger partial charge in [0, 0.05) is 26.2 Å². The van der Waals surface area contributed by atoms with Crippen molar-refractivity contribution < 1.29 is 24.2 Å². The van der Waals surface area contributed by atoms with Crippen molar-refractivity contribution in [3.05, 3.63) is 0 Å². The highest BCUT2D eigenvalue weighted by atomic mass is 16.6. The highest BCUT2D eigenvalue weighted by Gasteiger charge is 2.54. The maximum Gasteiger partial charge on any atom is 0.303 e. The van der Waals surface area contributed by atoms with Crippen LogP contribution in [0.3, 0.4) is 0 Å². The minimum Gasteiger partial charge on any atom is -0.459 e. The van der Waals surface area contributed by atoms with Crippen LogP contribution in [0.2, 0.25) is 0 Å². The first-order valence-electron chi connectivity index (χ1n) is 5.05. The van der Waals surface area contributed by atoms with Gasteiger partial charge in [-0.25, -0.2) is 0 Å². The van der Waals surface area contributed by atoms with Crippen molar-refractivity contribution in [2.24, 2.45) is 0 Å². The molecule has 0 amide bonds. The van der Waals surface area contributed by atoms with Gasteiger partial charge in [0.25, 0.3) is 0 Å². The van der Waals surface area contributed by atoms with Crippen molar-refractivity contribution in [3.8, 4) is 0 Å². The highest BCUT2D eigenvalue weighted by molar-refractivity contribution is 5.81. The van der Waals surface area contributed by atoms with Crippen LogP contribution in [0.15, 0.2) is 0 Å². The van der Waals surface area contributed by atoms with Crippen molar-refractivity contribution in [1.29, 1.82) is 0 Å². The lowest BCUT2D eigenvalue weighted by atomic mass is 9.78. The van der Waals surface area contributed by atoms with E-state index in [1.807, 2.05) is 0 Å². The third kappa shape index (κ3) is 1.77. The average Bonchev–Trinajstić information content (AvgIpc) is 2.47. The van der Waals surface area contributed by atoms with Gasteiger partial charge < -0.3 is 14.6 Å². The molecule has 0 spiro atoms. The third-order valence-electron chi connectivity index (χ3n) is 3.07. The lowest BCUT2D eigenvalue weighted by Gasteiger charge is -2.38. The van der Waals surface area contributed by atoms with Crippen LogP contribution < -0.4 is 0 Å². The number of ether oxygens (including phenoxy) is 2. The number of hydrogen-bond acceptors (Lipinski definition) is 5. The monoisotopic (exact) mass is 214 g/mol. The average molecular weight is 214 g/mol. The predicted molar refractivity (Wildman–Crippen MR) is 49.1 cm³/mol. The second-order valence-corrected chi connectivity index (χ2v) is 4.15. The molecule has 0 unspecified atom stereocenters. The predicted octanol–water partition coefficient (Wildman–Crippen LogP) is -0.199. The largest absolute Gasteiger partial charge is 0.459 e. The molecule has 0 aromatic rings. The number of hydrogen-bond donors (Lipinski definition) is 1. The molecule has 0 bridgehead atoms. The van der Waals surface area contributed by atoms with Crippen molar-refractivity contribution in [2.45, 2.75) is 44.0 Å². The van der Waals surface area contributed by atoms with Crippen LogP contribution in [0.4, 0.5) is 0 Å². The number of ketones is 1. The minimum absolute atomic E-state index is 0.0298. The quantitative estimate of drug-likeness (QED) is 0.612. The molecule has 5 heteroatoms. The molecule has 0 radical (unpaired) electrons. The molecule has 5 nitrogen and oxygen atoms in total. The fourth-order valence-corrected chi connectivity index (χ4v) is 2.29. The van der Waals surface area contributed by atoms with Gasteiger partial charge in [-0.2, -0.15) is 0 Å². The summed E-state index contributed by atoms with van der Waals surface area (Å²) in [6, 6.07) is 0. The Morgan fingerprint density at radius 2 is 2.33 bits per heavy atom. The molecule has 1 aliphatic heterocycles. The molecule has 0 aromatic carbocycles. The van der Waals surface area contributed by atoms with Crippen molar-refractivity contribution in [2.75, 3.05) is 6.61 Å². The van der Waals surface area contributed by atoms with Gasteiger partial charge in [0.1, 0.15) is 17.5 Å². The summed E-state index contributed by atoms with van der Waals surface area (Å²) in [6.07, 6.45) is -0.528. The molecule has 2 fully saturated rings. The summed E-state index contributed by atoms with van der Waals surface area (Å²) in [5, 5.41) is 10.3. The number of esters is 1. The summed E-state index contributed by atoms with van der Waals surface area (Å²) < 4.78 is 10.3. The Labute approximate surface area is 87.4 Å². The Bertz CT molecular complexity index is 298. The van der Waals surface area contributed by atoms with Gasteiger partial charge in [0.15, 0.2) is 0 Å². The Morgan fingerprint density at radius 1 is 1.60 bits per heavy atom. The molecule has 1 saturated heterocycles. The standard InChI is InChI=1S/C10H14O5/c1-6(11)15-9-5-7(12)4-8-10(9,13)2-3-14-8/h8-9,13H,2-5H2,1H3/t8-,9+,10+/m0/s1. The molecule has 0 aromatic heterocycles. The van der Waals surface area contributed by atoms with Gasteiger partial charge in [0.05, 0.1) is 12.7 Å². The van der Waals surface area contributed by atoms with Crippen LogP contribution in [0.25, 0.3) is 0 Å². The summed E-state index contributed by atoms with van der Waals surface area (Å²) in [4.78, 5) is 22.2. The number of carbonyl (C=O) groups excluding carboxylic acids is 2. The van der Waals surface area contributed by atoms with E-state index in [1.165, 1.54) is 6.92 Å². The Kier molecular flexibility index (Phi) is 2.52. The number of Topliss-reactive ketones (excluding diaryl/α,β-unsaturated/α-hetero) is 1. The van der Waals surface area contributed by atoms with Crippen LogP contribution >= 0.6 is 0 Å². The zero-order valence-electron chi connectivity index (χ0n) is 8.56. The fourth-order valence-electron chi connectivity index (χ4n) is 2.29. The van der Waals surface area contributed by atoms with Crippen LogP contribution in [-0.2, 0) is 19.1 Å². The maximum atomic E-state index is 11.4. The zero-order valence-corrected chi connectivity index (χ0v) is 8.56. The molecule has 15 heavy (non-hydrogen) atoms. The first-order chi connectivity index (χ1) is 7.02. The van der Waals surface area contributed by atoms with Gasteiger partial charge in [-0.05, 0) is 0 Å². The molecular formula is C10H14O5. The van der Waals surface area contributed by atoms with E-state index in [0.29, 0.717) is 13.0 Å². The number of fused-ring (bicyclic) bond motifs is 1. The van der Waals surface area contributed by atoms with Gasteiger partial charge in [-0.1, -0.05) is 0 Å². The molecular weight excluding hydrogens is 200 g/mol. The van der Waals surface area contributed by atoms with E-state index in [-0.39, 0.29) is 18.6 Å². The number of aliphatic hydroxyl groups is 1. The highest BCUT2D eigenvalue weighted by Crippen LogP contribution is 2.38. The molecule has 2 aliphatic rings. The Morgan fingerprint density at radius 3 is 3.00 bits per heavy atom. The summed E-state index contributed by atoms with van der Waals surface area (Å²) in [6.45, 7) is 1.68. The van der Waals surface area contributed by atoms with E-state index in [2.05, 4.69) is 0 Å². The molecule has 1 N–H and O–H groups in total. The summed E-state index contributed by atoms with van der Waals surface area (Å²) >= 11 is 0. The van der Waals surface area contributed by atoms with E-state index in [4.69, 9.17) is 9.47 Å². The molecule has 1 saturated carbocycles. The second-order valence-electron chi connectivity index (χ2n) is 4.15. The van der Waals surface area contributed by atoms with E-state index in [1.54, 1.807) is 0 Å². The van der Waals surface area contributed by atoms with Crippen molar-refractivity contribution in [3.63, 3.8) is 0 Å². The minimum atomic E-state index is -1.17. The molecule has 2 rings (SSSR count). The molecule has 84 valence electrons. The van der Waals surface area contributed by atoms with E-state index >= 15 is 0 Å². The SMILES string of the molecule is CC(=O)O[C@@H]1CC(=O)C[C@@H]2OCC[C@@]21O. The summed E-state index contributed by atoms with van der Waals surface area (Å²) in [5.74, 6) is -0.508. The smallest absolute Gasteiger partial charge is 0.303 e. The third-order valence-corrected chi connectivity index (χ3v) is 3.07. The molecule has 1 heterocycles. The topological polar surface area (TPSA) is 72.8 Å². The van der Waals surface area contributed by atoms with Crippen LogP contribution in [-0.4, -0.2) is 41.3 Å². The maximum absolute atomic E-state index is 11.4. The first-order valence-corrected chi connectivity index (χ1v) is 5.05. The van der Waals surface area contributed by atoms with E-state index < -0.39 is 23.8 Å². The van der Waals surface area contributed by atoms with Crippen LogP contribution in [0, 0.1) is 0 Å². The van der Waals surface area contributed by atoms with Gasteiger partial charge >= 0.3 is 5.97 Å². The fraction of sp³-hybridized carbons (Fsp3) is 0.800. The second kappa shape index (κ2) is 3.57. The van der Waals surface area contributed by atoms with Crippen LogP contribution in [0.5, 0.6) is 0 Å².